The first kappa shape index (κ1) is 15.7. The van der Waals surface area contributed by atoms with Crippen molar-refractivity contribution >= 4 is 17.1 Å². The summed E-state index contributed by atoms with van der Waals surface area (Å²) in [6.07, 6.45) is 2.19. The molecule has 2 nitrogen and oxygen atoms in total. The van der Waals surface area contributed by atoms with E-state index in [1.54, 1.807) is 23.5 Å². The molecule has 1 heterocycles. The quantitative estimate of drug-likeness (QED) is 0.743. The van der Waals surface area contributed by atoms with Gasteiger partial charge in [-0.2, -0.15) is 0 Å². The fourth-order valence-electron chi connectivity index (χ4n) is 4.42. The zero-order valence-corrected chi connectivity index (χ0v) is 15.0. The van der Waals surface area contributed by atoms with Gasteiger partial charge in [-0.15, -0.1) is 11.3 Å². The average Bonchev–Trinajstić information content (AvgIpc) is 2.94. The van der Waals surface area contributed by atoms with Crippen LogP contribution in [0.2, 0.25) is 0 Å². The van der Waals surface area contributed by atoms with Crippen LogP contribution in [0.4, 0.5) is 4.39 Å². The van der Waals surface area contributed by atoms with Gasteiger partial charge in [0.05, 0.1) is 16.6 Å². The van der Waals surface area contributed by atoms with Crippen molar-refractivity contribution in [2.75, 3.05) is 0 Å². The molecule has 0 bridgehead atoms. The maximum Gasteiger partial charge on any atom is 0.160 e. The Morgan fingerprint density at radius 3 is 2.75 bits per heavy atom. The summed E-state index contributed by atoms with van der Waals surface area (Å²) in [5, 5.41) is 0. The molecule has 2 aliphatic rings. The third-order valence-electron chi connectivity index (χ3n) is 5.34. The molecule has 1 aromatic heterocycles. The van der Waals surface area contributed by atoms with E-state index in [2.05, 4.69) is 25.8 Å². The molecular formula is C20H20FNOS. The van der Waals surface area contributed by atoms with E-state index in [1.807, 2.05) is 11.6 Å². The van der Waals surface area contributed by atoms with Gasteiger partial charge in [0.25, 0.3) is 0 Å². The second kappa shape index (κ2) is 5.09. The minimum absolute atomic E-state index is 0.0215. The lowest BCUT2D eigenvalue weighted by Crippen LogP contribution is -2.40. The van der Waals surface area contributed by atoms with Crippen molar-refractivity contribution < 1.29 is 9.18 Å². The number of nitrogens with zero attached hydrogens (tertiary/aromatic N) is 1. The lowest BCUT2D eigenvalue weighted by molar-refractivity contribution is -0.118. The van der Waals surface area contributed by atoms with Crippen LogP contribution in [0, 0.1) is 11.2 Å². The molecule has 0 N–H and O–H groups in total. The highest BCUT2D eigenvalue weighted by molar-refractivity contribution is 7.10. The molecule has 0 amide bonds. The number of Topliss-reactive ketones (excluding diaryl/α,β-unsaturated/α-hetero) is 1. The summed E-state index contributed by atoms with van der Waals surface area (Å²) in [4.78, 5) is 18.7. The van der Waals surface area contributed by atoms with Gasteiger partial charge in [0.1, 0.15) is 5.82 Å². The van der Waals surface area contributed by atoms with Gasteiger partial charge in [0.2, 0.25) is 0 Å². The van der Waals surface area contributed by atoms with Gasteiger partial charge in [-0.3, -0.25) is 4.79 Å². The topological polar surface area (TPSA) is 30.0 Å². The highest BCUT2D eigenvalue weighted by Crippen LogP contribution is 2.53. The average molecular weight is 341 g/mol. The van der Waals surface area contributed by atoms with E-state index in [1.165, 1.54) is 11.6 Å². The Bertz CT molecular complexity index is 879. The Morgan fingerprint density at radius 2 is 2.00 bits per heavy atom. The van der Waals surface area contributed by atoms with Crippen LogP contribution in [0.25, 0.3) is 0 Å². The minimum Gasteiger partial charge on any atom is -0.294 e. The van der Waals surface area contributed by atoms with E-state index in [0.717, 1.165) is 34.5 Å². The van der Waals surface area contributed by atoms with Gasteiger partial charge >= 0.3 is 0 Å². The van der Waals surface area contributed by atoms with E-state index >= 15 is 0 Å². The number of aromatic nitrogens is 1. The molecule has 0 aliphatic heterocycles. The number of fused-ring (bicyclic) bond motifs is 1. The molecule has 4 rings (SSSR count). The number of carbonyl (C=O) groups excluding carboxylic acids is 1. The van der Waals surface area contributed by atoms with Crippen LogP contribution in [-0.2, 0) is 16.6 Å². The Labute approximate surface area is 145 Å². The lowest BCUT2D eigenvalue weighted by Gasteiger charge is -2.43. The molecule has 124 valence electrons. The fourth-order valence-corrected chi connectivity index (χ4v) is 5.43. The van der Waals surface area contributed by atoms with Crippen LogP contribution in [-0.4, -0.2) is 10.8 Å². The van der Waals surface area contributed by atoms with Crippen LogP contribution in [0.15, 0.2) is 40.9 Å². The lowest BCUT2D eigenvalue weighted by atomic mass is 9.60. The molecule has 1 atom stereocenters. The highest BCUT2D eigenvalue weighted by atomic mass is 32.1. The van der Waals surface area contributed by atoms with E-state index in [9.17, 15) is 9.18 Å². The van der Waals surface area contributed by atoms with Crippen molar-refractivity contribution in [3.05, 3.63) is 62.9 Å². The second-order valence-corrected chi connectivity index (χ2v) is 8.71. The largest absolute Gasteiger partial charge is 0.294 e. The summed E-state index contributed by atoms with van der Waals surface area (Å²) < 4.78 is 13.9. The van der Waals surface area contributed by atoms with E-state index < -0.39 is 5.41 Å². The van der Waals surface area contributed by atoms with E-state index in [0.29, 0.717) is 6.42 Å². The standard InChI is InChI=1S/C20H20FNOS/c1-19(2)9-12-7-15-18(24-11-22-15)20(3,17(12)16(23)10-19)13-5-4-6-14(21)8-13/h4-6,8,11H,7,9-10H2,1-3H3/t20-/m1/s1. The van der Waals surface area contributed by atoms with Gasteiger partial charge in [-0.05, 0) is 36.5 Å². The van der Waals surface area contributed by atoms with Crippen molar-refractivity contribution in [1.29, 1.82) is 0 Å². The van der Waals surface area contributed by atoms with Crippen molar-refractivity contribution in [1.82, 2.24) is 4.98 Å². The molecule has 24 heavy (non-hydrogen) atoms. The maximum absolute atomic E-state index is 13.9. The summed E-state index contributed by atoms with van der Waals surface area (Å²) in [6, 6.07) is 6.66. The monoisotopic (exact) mass is 341 g/mol. The number of carbonyl (C=O) groups is 1. The van der Waals surface area contributed by atoms with Crippen LogP contribution in [0.3, 0.4) is 0 Å². The molecule has 1 aromatic carbocycles. The number of allylic oxidation sites excluding steroid dienone is 2. The number of ketones is 1. The first-order valence-corrected chi connectivity index (χ1v) is 9.14. The van der Waals surface area contributed by atoms with Crippen molar-refractivity contribution in [3.63, 3.8) is 0 Å². The normalized spacial score (nSPS) is 25.4. The van der Waals surface area contributed by atoms with Crippen LogP contribution < -0.4 is 0 Å². The van der Waals surface area contributed by atoms with Crippen LogP contribution in [0.1, 0.15) is 49.7 Å². The first-order chi connectivity index (χ1) is 11.3. The summed E-state index contributed by atoms with van der Waals surface area (Å²) in [6.45, 7) is 6.35. The molecule has 2 aromatic rings. The number of rotatable bonds is 1. The van der Waals surface area contributed by atoms with E-state index in [4.69, 9.17) is 0 Å². The maximum atomic E-state index is 13.9. The number of hydrogen-bond acceptors (Lipinski definition) is 3. The number of halogens is 1. The molecule has 0 fully saturated rings. The molecule has 2 aliphatic carbocycles. The number of thiazole rings is 1. The van der Waals surface area contributed by atoms with Gasteiger partial charge in [-0.25, -0.2) is 9.37 Å². The summed E-state index contributed by atoms with van der Waals surface area (Å²) in [5.41, 5.74) is 5.16. The number of benzene rings is 1. The fraction of sp³-hybridized carbons (Fsp3) is 0.400. The van der Waals surface area contributed by atoms with Gasteiger partial charge in [0.15, 0.2) is 5.78 Å². The minimum atomic E-state index is -0.597. The molecule has 0 spiro atoms. The third-order valence-corrected chi connectivity index (χ3v) is 6.43. The predicted octanol–water partition coefficient (Wildman–Crippen LogP) is 4.83. The Kier molecular flexibility index (Phi) is 3.33. The van der Waals surface area contributed by atoms with E-state index in [-0.39, 0.29) is 17.0 Å². The zero-order chi connectivity index (χ0) is 17.1. The molecular weight excluding hydrogens is 321 g/mol. The zero-order valence-electron chi connectivity index (χ0n) is 14.1. The summed E-state index contributed by atoms with van der Waals surface area (Å²) in [5.74, 6) is -0.0665. The highest BCUT2D eigenvalue weighted by Gasteiger charge is 2.48. The molecule has 4 heteroatoms. The molecule has 0 saturated carbocycles. The van der Waals surface area contributed by atoms with Crippen molar-refractivity contribution in [2.45, 2.75) is 45.4 Å². The van der Waals surface area contributed by atoms with Crippen LogP contribution >= 0.6 is 11.3 Å². The van der Waals surface area contributed by atoms with Gasteiger partial charge in [0, 0.05) is 23.3 Å². The third kappa shape index (κ3) is 2.20. The smallest absolute Gasteiger partial charge is 0.160 e. The summed E-state index contributed by atoms with van der Waals surface area (Å²) in [7, 11) is 0. The Morgan fingerprint density at radius 1 is 1.21 bits per heavy atom. The summed E-state index contributed by atoms with van der Waals surface area (Å²) >= 11 is 1.57. The van der Waals surface area contributed by atoms with Gasteiger partial charge < -0.3 is 0 Å². The van der Waals surface area contributed by atoms with Crippen molar-refractivity contribution in [2.24, 2.45) is 5.41 Å². The van der Waals surface area contributed by atoms with Crippen LogP contribution in [0.5, 0.6) is 0 Å². The Hall–Kier alpha value is -1.81. The van der Waals surface area contributed by atoms with Crippen molar-refractivity contribution in [3.8, 4) is 0 Å². The predicted molar refractivity (Wildman–Crippen MR) is 93.7 cm³/mol. The number of hydrogen-bond donors (Lipinski definition) is 0. The molecule has 0 saturated heterocycles. The van der Waals surface area contributed by atoms with Gasteiger partial charge in [-0.1, -0.05) is 31.6 Å². The second-order valence-electron chi connectivity index (χ2n) is 7.86. The first-order valence-electron chi connectivity index (χ1n) is 8.26. The Balaban J connectivity index is 2.00. The molecule has 0 unspecified atom stereocenters. The molecule has 0 radical (unpaired) electrons. The SMILES string of the molecule is CC1(C)CC(=O)C2=C(Cc3ncsc3[C@]2(C)c2cccc(F)c2)C1.